The van der Waals surface area contributed by atoms with Crippen molar-refractivity contribution in [2.75, 3.05) is 26.2 Å². The van der Waals surface area contributed by atoms with Crippen LogP contribution in [0.15, 0.2) is 42.5 Å². The topological polar surface area (TPSA) is 22.3 Å². The quantitative estimate of drug-likeness (QED) is 0.325. The number of fused-ring (bicyclic) bond motifs is 1. The summed E-state index contributed by atoms with van der Waals surface area (Å²) in [6.07, 6.45) is 11.9. The largest absolute Gasteiger partial charge is 0.354 e. The van der Waals surface area contributed by atoms with Crippen molar-refractivity contribution in [3.8, 4) is 0 Å². The molecule has 0 saturated carbocycles. The van der Waals surface area contributed by atoms with Crippen LogP contribution in [-0.2, 0) is 0 Å². The van der Waals surface area contributed by atoms with Crippen molar-refractivity contribution in [3.63, 3.8) is 0 Å². The zero-order valence-electron chi connectivity index (χ0n) is 25.6. The van der Waals surface area contributed by atoms with Crippen LogP contribution in [0.2, 0.25) is 0 Å². The molecule has 0 radical (unpaired) electrons. The molecule has 3 heterocycles. The average molecular weight is 534 g/mol. The van der Waals surface area contributed by atoms with Crippen LogP contribution in [0.25, 0.3) is 16.5 Å². The minimum absolute atomic E-state index is 0.0603. The smallest absolute Gasteiger partial charge is 0.128 e. The third-order valence-corrected chi connectivity index (χ3v) is 9.61. The van der Waals surface area contributed by atoms with E-state index in [0.29, 0.717) is 23.9 Å². The first-order valence-electron chi connectivity index (χ1n) is 15.5. The van der Waals surface area contributed by atoms with Crippen LogP contribution in [0.1, 0.15) is 109 Å². The van der Waals surface area contributed by atoms with E-state index in [2.05, 4.69) is 88.0 Å². The monoisotopic (exact) mass is 533 g/mol. The Morgan fingerprint density at radius 3 is 2.28 bits per heavy atom. The van der Waals surface area contributed by atoms with Crippen molar-refractivity contribution < 1.29 is 4.39 Å². The lowest BCUT2D eigenvalue weighted by molar-refractivity contribution is 0.0751. The van der Waals surface area contributed by atoms with E-state index in [-0.39, 0.29) is 11.7 Å². The highest BCUT2D eigenvalue weighted by atomic mass is 19.1. The molecule has 1 unspecified atom stereocenters. The van der Waals surface area contributed by atoms with Gasteiger partial charge >= 0.3 is 0 Å². The van der Waals surface area contributed by atoms with Gasteiger partial charge in [-0.05, 0) is 126 Å². The number of aromatic nitrogens is 1. The van der Waals surface area contributed by atoms with E-state index in [1.165, 1.54) is 42.5 Å². The van der Waals surface area contributed by atoms with E-state index >= 15 is 4.39 Å². The van der Waals surface area contributed by atoms with Gasteiger partial charge in [-0.25, -0.2) is 4.39 Å². The summed E-state index contributed by atoms with van der Waals surface area (Å²) >= 11 is 0. The van der Waals surface area contributed by atoms with Gasteiger partial charge in [0, 0.05) is 28.7 Å². The number of nitrogens with zero attached hydrogens (tertiary/aromatic N) is 2. The molecular formula is C35H52FN3. The minimum Gasteiger partial charge on any atom is -0.354 e. The molecule has 3 nitrogen and oxygen atoms in total. The summed E-state index contributed by atoms with van der Waals surface area (Å²) in [7, 11) is 0. The van der Waals surface area contributed by atoms with E-state index in [4.69, 9.17) is 0 Å². The fourth-order valence-corrected chi connectivity index (χ4v) is 6.78. The van der Waals surface area contributed by atoms with Crippen LogP contribution < -0.4 is 0 Å². The molecule has 2 aromatic rings. The molecule has 1 aromatic carbocycles. The third-order valence-electron chi connectivity index (χ3n) is 9.61. The molecule has 0 aliphatic carbocycles. The maximum absolute atomic E-state index is 15.6. The molecule has 2 saturated heterocycles. The summed E-state index contributed by atoms with van der Waals surface area (Å²) in [5.74, 6) is 1.06. The Morgan fingerprint density at radius 1 is 1.05 bits per heavy atom. The highest BCUT2D eigenvalue weighted by molar-refractivity contribution is 5.92. The Morgan fingerprint density at radius 2 is 1.72 bits per heavy atom. The number of likely N-dealkylation sites (tertiary alicyclic amines) is 2. The van der Waals surface area contributed by atoms with Crippen LogP contribution in [0.5, 0.6) is 0 Å². The lowest BCUT2D eigenvalue weighted by Crippen LogP contribution is -2.48. The number of piperidine rings is 2. The lowest BCUT2D eigenvalue weighted by atomic mass is 9.86. The summed E-state index contributed by atoms with van der Waals surface area (Å²) < 4.78 is 15.6. The van der Waals surface area contributed by atoms with Crippen LogP contribution in [0, 0.1) is 11.7 Å². The van der Waals surface area contributed by atoms with E-state index in [0.717, 1.165) is 54.7 Å². The predicted molar refractivity (Wildman–Crippen MR) is 167 cm³/mol. The van der Waals surface area contributed by atoms with Gasteiger partial charge in [-0.2, -0.15) is 0 Å². The first-order valence-corrected chi connectivity index (χ1v) is 15.5. The van der Waals surface area contributed by atoms with Crippen LogP contribution >= 0.6 is 0 Å². The van der Waals surface area contributed by atoms with Gasteiger partial charge in [0.15, 0.2) is 0 Å². The first-order chi connectivity index (χ1) is 18.6. The number of benzene rings is 1. The van der Waals surface area contributed by atoms with Crippen LogP contribution in [0.3, 0.4) is 0 Å². The second kappa shape index (κ2) is 13.0. The summed E-state index contributed by atoms with van der Waals surface area (Å²) in [6, 6.07) is 5.26. The summed E-state index contributed by atoms with van der Waals surface area (Å²) in [6.45, 7) is 24.4. The van der Waals surface area contributed by atoms with E-state index in [1.807, 2.05) is 6.08 Å². The normalized spacial score (nSPS) is 20.5. The zero-order chi connectivity index (χ0) is 28.3. The van der Waals surface area contributed by atoms with E-state index < -0.39 is 0 Å². The molecule has 0 amide bonds. The van der Waals surface area contributed by atoms with Gasteiger partial charge in [0.1, 0.15) is 5.82 Å². The summed E-state index contributed by atoms with van der Waals surface area (Å²) in [4.78, 5) is 8.90. The molecule has 1 N–H and O–H groups in total. The maximum atomic E-state index is 15.6. The fraction of sp³-hybridized carbons (Fsp3) is 0.600. The molecule has 214 valence electrons. The number of allylic oxidation sites excluding steroid dienone is 5. The first kappa shape index (κ1) is 29.8. The minimum atomic E-state index is -0.0603. The third kappa shape index (κ3) is 6.60. The van der Waals surface area contributed by atoms with Gasteiger partial charge in [0.05, 0.1) is 0 Å². The van der Waals surface area contributed by atoms with Gasteiger partial charge in [-0.15, -0.1) is 0 Å². The van der Waals surface area contributed by atoms with Crippen LogP contribution in [-0.4, -0.2) is 53.0 Å². The van der Waals surface area contributed by atoms with Crippen molar-refractivity contribution in [2.45, 2.75) is 104 Å². The molecule has 1 atom stereocenters. The average Bonchev–Trinajstić information content (AvgIpc) is 3.30. The molecule has 0 spiro atoms. The highest BCUT2D eigenvalue weighted by Gasteiger charge is 2.31. The molecule has 4 rings (SSSR count). The van der Waals surface area contributed by atoms with Gasteiger partial charge in [-0.1, -0.05) is 58.1 Å². The molecular weight excluding hydrogens is 481 g/mol. The summed E-state index contributed by atoms with van der Waals surface area (Å²) in [5, 5.41) is 1.17. The number of hydrogen-bond donors (Lipinski definition) is 1. The zero-order valence-corrected chi connectivity index (χ0v) is 25.6. The van der Waals surface area contributed by atoms with E-state index in [1.54, 1.807) is 6.07 Å². The molecule has 2 aliphatic heterocycles. The molecule has 0 bridgehead atoms. The Bertz CT molecular complexity index is 1180. The number of H-pyrrole nitrogens is 1. The Labute approximate surface area is 237 Å². The Kier molecular flexibility index (Phi) is 9.93. The van der Waals surface area contributed by atoms with Crippen molar-refractivity contribution in [1.82, 2.24) is 14.8 Å². The van der Waals surface area contributed by atoms with E-state index in [9.17, 15) is 0 Å². The standard InChI is InChI=1S/C35H52FN3/c1-9-11-28(20-26(8)25(7)10-2)35-34(23(3)4)31-21-30(32(36)22-33(31)37-35)27-12-16-39(17-13-27)29-14-18-38(19-15-29)24(5)6/h9,11,20-25,27,29,37H,1,10,12-19H2,2-8H3/b26-20-,28-11+. The lowest BCUT2D eigenvalue weighted by Gasteiger charge is -2.43. The van der Waals surface area contributed by atoms with Crippen molar-refractivity contribution in [2.24, 2.45) is 5.92 Å². The van der Waals surface area contributed by atoms with Crippen LogP contribution in [0.4, 0.5) is 4.39 Å². The number of halogens is 1. The van der Waals surface area contributed by atoms with Gasteiger partial charge in [0.25, 0.3) is 0 Å². The maximum Gasteiger partial charge on any atom is 0.128 e. The Balaban J connectivity index is 1.59. The highest BCUT2D eigenvalue weighted by Crippen LogP contribution is 2.39. The SMILES string of the molecule is C=C/C=C(\C=C(\C)C(C)CC)c1[nH]c2cc(F)c(C3CCN(C4CCN(C(C)C)CC4)CC3)cc2c1C(C)C. The van der Waals surface area contributed by atoms with Gasteiger partial charge in [0.2, 0.25) is 0 Å². The van der Waals surface area contributed by atoms with Crippen molar-refractivity contribution in [3.05, 3.63) is 65.2 Å². The molecule has 4 heteroatoms. The van der Waals surface area contributed by atoms with Crippen molar-refractivity contribution >= 4 is 16.5 Å². The molecule has 2 fully saturated rings. The van der Waals surface area contributed by atoms with Gasteiger partial charge in [-0.3, -0.25) is 0 Å². The fourth-order valence-electron chi connectivity index (χ4n) is 6.78. The number of aromatic amines is 1. The molecule has 2 aliphatic rings. The number of nitrogens with one attached hydrogen (secondary N) is 1. The number of hydrogen-bond acceptors (Lipinski definition) is 2. The second-order valence-electron chi connectivity index (χ2n) is 12.7. The predicted octanol–water partition coefficient (Wildman–Crippen LogP) is 9.04. The Hall–Kier alpha value is -2.17. The van der Waals surface area contributed by atoms with Gasteiger partial charge < -0.3 is 14.8 Å². The molecule has 1 aromatic heterocycles. The molecule has 39 heavy (non-hydrogen) atoms. The number of rotatable bonds is 9. The van der Waals surface area contributed by atoms with Crippen molar-refractivity contribution in [1.29, 1.82) is 0 Å². The summed E-state index contributed by atoms with van der Waals surface area (Å²) in [5.41, 5.74) is 6.66. The second-order valence-corrected chi connectivity index (χ2v) is 12.7.